The molecule has 1 fully saturated rings. The number of nitrogens with one attached hydrogen (secondary N) is 3. The molecule has 0 spiro atoms. The first-order valence-corrected chi connectivity index (χ1v) is 11.9. The topological polar surface area (TPSA) is 171 Å². The first-order chi connectivity index (χ1) is 16.0. The Morgan fingerprint density at radius 1 is 1.26 bits per heavy atom. The zero-order valence-electron chi connectivity index (χ0n) is 20.4. The molecule has 11 nitrogen and oxygen atoms in total. The summed E-state index contributed by atoms with van der Waals surface area (Å²) >= 11 is 0. The number of carbonyl (C=O) groups excluding carboxylic acids is 3. The molecule has 0 bridgehead atoms. The van der Waals surface area contributed by atoms with Gasteiger partial charge in [0.05, 0.1) is 12.4 Å². The van der Waals surface area contributed by atoms with Crippen LogP contribution in [0.25, 0.3) is 0 Å². The van der Waals surface area contributed by atoms with Crippen LogP contribution in [-0.2, 0) is 25.6 Å². The molecule has 5 unspecified atom stereocenters. The lowest BCUT2D eigenvalue weighted by Crippen LogP contribution is -2.58. The highest BCUT2D eigenvalue weighted by Gasteiger charge is 2.38. The molecule has 1 aliphatic heterocycles. The maximum Gasteiger partial charge on any atom is 0.326 e. The zero-order chi connectivity index (χ0) is 25.4. The van der Waals surface area contributed by atoms with Crippen molar-refractivity contribution in [3.63, 3.8) is 0 Å². The second kappa shape index (κ2) is 12.5. The fourth-order valence-corrected chi connectivity index (χ4v) is 4.16. The van der Waals surface area contributed by atoms with Crippen molar-refractivity contribution >= 4 is 23.7 Å². The van der Waals surface area contributed by atoms with Gasteiger partial charge in [-0.15, -0.1) is 0 Å². The van der Waals surface area contributed by atoms with E-state index in [4.69, 9.17) is 5.73 Å². The van der Waals surface area contributed by atoms with Gasteiger partial charge in [0.25, 0.3) is 0 Å². The van der Waals surface area contributed by atoms with Crippen LogP contribution in [0.5, 0.6) is 0 Å². The number of likely N-dealkylation sites (tertiary alicyclic amines) is 1. The number of aliphatic carboxylic acids is 1. The number of carboxylic acid groups (broad SMARTS) is 1. The van der Waals surface area contributed by atoms with E-state index in [1.165, 1.54) is 17.4 Å². The Morgan fingerprint density at radius 3 is 2.53 bits per heavy atom. The molecule has 1 aliphatic rings. The van der Waals surface area contributed by atoms with Crippen LogP contribution in [0, 0.1) is 11.8 Å². The molecule has 1 aromatic rings. The van der Waals surface area contributed by atoms with Gasteiger partial charge < -0.3 is 31.4 Å². The molecule has 1 saturated heterocycles. The highest BCUT2D eigenvalue weighted by molar-refractivity contribution is 5.94. The van der Waals surface area contributed by atoms with Gasteiger partial charge in [-0.1, -0.05) is 34.1 Å². The number of carboxylic acids is 1. The van der Waals surface area contributed by atoms with E-state index >= 15 is 0 Å². The predicted octanol–water partition coefficient (Wildman–Crippen LogP) is 0.417. The average molecular weight is 479 g/mol. The molecule has 6 N–H and O–H groups in total. The molecule has 190 valence electrons. The van der Waals surface area contributed by atoms with Gasteiger partial charge >= 0.3 is 5.97 Å². The molecule has 34 heavy (non-hydrogen) atoms. The molecule has 0 radical (unpaired) electrons. The molecule has 5 atom stereocenters. The van der Waals surface area contributed by atoms with Gasteiger partial charge in [0.15, 0.2) is 0 Å². The highest BCUT2D eigenvalue weighted by atomic mass is 16.4. The Balaban J connectivity index is 2.16. The first kappa shape index (κ1) is 27.3. The molecule has 0 aromatic carbocycles. The Morgan fingerprint density at radius 2 is 1.97 bits per heavy atom. The second-order valence-electron chi connectivity index (χ2n) is 9.48. The monoisotopic (exact) mass is 478 g/mol. The van der Waals surface area contributed by atoms with Gasteiger partial charge in [-0.25, -0.2) is 9.78 Å². The summed E-state index contributed by atoms with van der Waals surface area (Å²) in [6.45, 7) is 7.96. The van der Waals surface area contributed by atoms with Crippen molar-refractivity contribution in [3.05, 3.63) is 18.2 Å². The summed E-state index contributed by atoms with van der Waals surface area (Å²) in [5.74, 6) is -2.54. The summed E-state index contributed by atoms with van der Waals surface area (Å²) < 4.78 is 0. The van der Waals surface area contributed by atoms with Crippen LogP contribution in [0.1, 0.15) is 59.1 Å². The van der Waals surface area contributed by atoms with Crippen LogP contribution in [0.4, 0.5) is 0 Å². The van der Waals surface area contributed by atoms with Crippen molar-refractivity contribution in [3.8, 4) is 0 Å². The number of nitrogens with zero attached hydrogens (tertiary/aromatic N) is 2. The fraction of sp³-hybridized carbons (Fsp3) is 0.696. The number of rotatable bonds is 12. The van der Waals surface area contributed by atoms with E-state index < -0.39 is 42.0 Å². The number of amides is 3. The minimum Gasteiger partial charge on any atom is -0.480 e. The number of hydrogen-bond donors (Lipinski definition) is 5. The summed E-state index contributed by atoms with van der Waals surface area (Å²) in [4.78, 5) is 59.1. The van der Waals surface area contributed by atoms with Crippen molar-refractivity contribution < 1.29 is 24.3 Å². The van der Waals surface area contributed by atoms with Crippen LogP contribution in [0.2, 0.25) is 0 Å². The molecule has 0 saturated carbocycles. The van der Waals surface area contributed by atoms with Crippen molar-refractivity contribution in [2.24, 2.45) is 17.6 Å². The van der Waals surface area contributed by atoms with Gasteiger partial charge in [0.1, 0.15) is 18.1 Å². The lowest BCUT2D eigenvalue weighted by molar-refractivity contribution is -0.144. The van der Waals surface area contributed by atoms with Gasteiger partial charge in [0, 0.05) is 24.9 Å². The third kappa shape index (κ3) is 7.28. The van der Waals surface area contributed by atoms with E-state index in [0.717, 1.165) is 0 Å². The molecule has 11 heteroatoms. The van der Waals surface area contributed by atoms with Crippen LogP contribution in [-0.4, -0.2) is 74.4 Å². The van der Waals surface area contributed by atoms with Crippen molar-refractivity contribution in [2.45, 2.75) is 84.0 Å². The van der Waals surface area contributed by atoms with Crippen molar-refractivity contribution in [1.82, 2.24) is 25.5 Å². The lowest BCUT2D eigenvalue weighted by atomic mass is 9.98. The number of aromatic nitrogens is 2. The maximum atomic E-state index is 13.2. The quantitative estimate of drug-likeness (QED) is 0.290. The molecule has 3 amide bonds. The van der Waals surface area contributed by atoms with Gasteiger partial charge in [-0.05, 0) is 31.1 Å². The zero-order valence-corrected chi connectivity index (χ0v) is 20.4. The second-order valence-corrected chi connectivity index (χ2v) is 9.48. The highest BCUT2D eigenvalue weighted by Crippen LogP contribution is 2.20. The summed E-state index contributed by atoms with van der Waals surface area (Å²) in [5.41, 5.74) is 6.68. The first-order valence-electron chi connectivity index (χ1n) is 11.9. The van der Waals surface area contributed by atoms with Crippen LogP contribution < -0.4 is 16.4 Å². The number of carbonyl (C=O) groups is 4. The van der Waals surface area contributed by atoms with Crippen molar-refractivity contribution in [1.29, 1.82) is 0 Å². The van der Waals surface area contributed by atoms with E-state index in [2.05, 4.69) is 20.6 Å². The maximum absolute atomic E-state index is 13.2. The number of hydrogen-bond acceptors (Lipinski definition) is 6. The van der Waals surface area contributed by atoms with Crippen LogP contribution in [0.3, 0.4) is 0 Å². The van der Waals surface area contributed by atoms with Crippen LogP contribution in [0.15, 0.2) is 12.5 Å². The Bertz CT molecular complexity index is 843. The summed E-state index contributed by atoms with van der Waals surface area (Å²) in [5, 5.41) is 14.9. The molecule has 1 aromatic heterocycles. The largest absolute Gasteiger partial charge is 0.480 e. The van der Waals surface area contributed by atoms with Gasteiger partial charge in [-0.3, -0.25) is 14.4 Å². The predicted molar refractivity (Wildman–Crippen MR) is 125 cm³/mol. The average Bonchev–Trinajstić information content (AvgIpc) is 3.47. The summed E-state index contributed by atoms with van der Waals surface area (Å²) in [7, 11) is 0. The molecule has 2 heterocycles. The van der Waals surface area contributed by atoms with Gasteiger partial charge in [-0.2, -0.15) is 0 Å². The minimum absolute atomic E-state index is 0.0952. The standard InChI is InChI=1S/C23H38N6O5/c1-5-14(4)19(23(33)34)28-20(30)17(10-15-11-25-12-26-15)27-21(31)18-7-6-8-29(18)22(32)16(24)9-13(2)3/h11-14,16-19H,5-10,24H2,1-4H3,(H,25,26)(H,27,31)(H,28,30)(H,33,34). The van der Waals surface area contributed by atoms with E-state index in [9.17, 15) is 24.3 Å². The Labute approximate surface area is 200 Å². The molecular weight excluding hydrogens is 440 g/mol. The minimum atomic E-state index is -1.14. The van der Waals surface area contributed by atoms with Crippen LogP contribution >= 0.6 is 0 Å². The fourth-order valence-electron chi connectivity index (χ4n) is 4.16. The van der Waals surface area contributed by atoms with Crippen molar-refractivity contribution in [2.75, 3.05) is 6.54 Å². The van der Waals surface area contributed by atoms with E-state index in [1.54, 1.807) is 6.92 Å². The Kier molecular flexibility index (Phi) is 10.0. The SMILES string of the molecule is CCC(C)C(NC(=O)C(Cc1cnc[nH]1)NC(=O)C1CCCN1C(=O)C(N)CC(C)C)C(=O)O. The third-order valence-electron chi connectivity index (χ3n) is 6.27. The number of H-pyrrole nitrogens is 1. The van der Waals surface area contributed by atoms with E-state index in [1.807, 2.05) is 20.8 Å². The van der Waals surface area contributed by atoms with E-state index in [0.29, 0.717) is 37.9 Å². The number of aromatic amines is 1. The smallest absolute Gasteiger partial charge is 0.326 e. The lowest BCUT2D eigenvalue weighted by Gasteiger charge is -2.29. The van der Waals surface area contributed by atoms with E-state index in [-0.39, 0.29) is 24.2 Å². The summed E-state index contributed by atoms with van der Waals surface area (Å²) in [6.07, 6.45) is 5.29. The van der Waals surface area contributed by atoms with Gasteiger partial charge in [0.2, 0.25) is 17.7 Å². The molecular formula is C23H38N6O5. The molecule has 2 rings (SSSR count). The number of nitrogens with two attached hydrogens (primary N) is 1. The third-order valence-corrected chi connectivity index (χ3v) is 6.27. The molecule has 0 aliphatic carbocycles. The normalized spacial score (nSPS) is 19.4. The number of imidazole rings is 1. The Hall–Kier alpha value is -2.95. The summed E-state index contributed by atoms with van der Waals surface area (Å²) in [6, 6.07) is -3.55.